The third-order valence-electron chi connectivity index (χ3n) is 4.83. The highest BCUT2D eigenvalue weighted by atomic mass is 32.1. The summed E-state index contributed by atoms with van der Waals surface area (Å²) in [5, 5.41) is 14.0. The summed E-state index contributed by atoms with van der Waals surface area (Å²) >= 11 is 5.31. The van der Waals surface area contributed by atoms with Crippen molar-refractivity contribution in [3.63, 3.8) is 0 Å². The average molecular weight is 387 g/mol. The number of para-hydroxylation sites is 1. The zero-order valence-electron chi connectivity index (χ0n) is 15.2. The zero-order valence-corrected chi connectivity index (χ0v) is 16.0. The van der Waals surface area contributed by atoms with E-state index in [1.54, 1.807) is 23.2 Å². The highest BCUT2D eigenvalue weighted by molar-refractivity contribution is 7.71. The van der Waals surface area contributed by atoms with Crippen molar-refractivity contribution >= 4 is 40.2 Å². The number of hydrogen-bond donors (Lipinski definition) is 1. The number of benzene rings is 2. The lowest BCUT2D eigenvalue weighted by Gasteiger charge is -2.02. The van der Waals surface area contributed by atoms with Crippen LogP contribution >= 0.6 is 12.2 Å². The Morgan fingerprint density at radius 3 is 2.79 bits per heavy atom. The van der Waals surface area contributed by atoms with Gasteiger partial charge in [0.2, 0.25) is 10.6 Å². The number of fused-ring (bicyclic) bond motifs is 3. The average Bonchev–Trinajstić information content (AvgIpc) is 3.44. The predicted molar refractivity (Wildman–Crippen MR) is 113 cm³/mol. The van der Waals surface area contributed by atoms with Gasteiger partial charge in [-0.15, -0.1) is 5.10 Å². The van der Waals surface area contributed by atoms with Gasteiger partial charge in [-0.25, -0.2) is 5.10 Å². The minimum atomic E-state index is 0.409. The van der Waals surface area contributed by atoms with Gasteiger partial charge < -0.3 is 8.98 Å². The lowest BCUT2D eigenvalue weighted by molar-refractivity contribution is 0.573. The van der Waals surface area contributed by atoms with Crippen LogP contribution in [-0.2, 0) is 6.54 Å². The van der Waals surface area contributed by atoms with E-state index in [-0.39, 0.29) is 0 Å². The maximum Gasteiger partial charge on any atom is 0.219 e. The van der Waals surface area contributed by atoms with E-state index in [1.165, 1.54) is 21.8 Å². The molecular weight excluding hydrogens is 370 g/mol. The minimum Gasteiger partial charge on any atom is -0.461 e. The Morgan fingerprint density at radius 1 is 1.11 bits per heavy atom. The smallest absolute Gasteiger partial charge is 0.219 e. The van der Waals surface area contributed by atoms with Crippen LogP contribution in [-0.4, -0.2) is 25.7 Å². The molecule has 1 N–H and O–H groups in total. The summed E-state index contributed by atoms with van der Waals surface area (Å²) in [6.45, 7) is 3.09. The van der Waals surface area contributed by atoms with E-state index in [4.69, 9.17) is 16.6 Å². The van der Waals surface area contributed by atoms with Crippen LogP contribution in [0.15, 0.2) is 70.4 Å². The molecule has 7 heteroatoms. The summed E-state index contributed by atoms with van der Waals surface area (Å²) < 4.78 is 9.72. The fourth-order valence-corrected chi connectivity index (χ4v) is 3.76. The van der Waals surface area contributed by atoms with Gasteiger partial charge in [0.05, 0.1) is 12.5 Å². The monoisotopic (exact) mass is 387 g/mol. The van der Waals surface area contributed by atoms with Crippen LogP contribution in [0.25, 0.3) is 33.4 Å². The van der Waals surface area contributed by atoms with Crippen molar-refractivity contribution in [2.24, 2.45) is 5.10 Å². The number of hydrogen-bond acceptors (Lipinski definition) is 4. The zero-order chi connectivity index (χ0) is 19.1. The lowest BCUT2D eigenvalue weighted by Crippen LogP contribution is -1.95. The van der Waals surface area contributed by atoms with Crippen molar-refractivity contribution in [2.45, 2.75) is 13.5 Å². The molecule has 0 saturated heterocycles. The number of aromatic amines is 1. The number of nitrogens with zero attached hydrogens (tertiary/aromatic N) is 4. The van der Waals surface area contributed by atoms with Crippen molar-refractivity contribution in [3.8, 4) is 11.6 Å². The topological polar surface area (TPSA) is 64.0 Å². The molecule has 5 aromatic rings. The van der Waals surface area contributed by atoms with Gasteiger partial charge >= 0.3 is 0 Å². The molecule has 0 aliphatic heterocycles. The number of rotatable bonds is 4. The van der Waals surface area contributed by atoms with E-state index in [0.29, 0.717) is 16.4 Å². The Labute approximate surface area is 165 Å². The van der Waals surface area contributed by atoms with Gasteiger partial charge in [-0.1, -0.05) is 24.3 Å². The van der Waals surface area contributed by atoms with Crippen molar-refractivity contribution in [1.29, 1.82) is 0 Å². The molecule has 0 aliphatic rings. The van der Waals surface area contributed by atoms with Gasteiger partial charge in [0.1, 0.15) is 0 Å². The molecule has 0 atom stereocenters. The Bertz CT molecular complexity index is 1370. The minimum absolute atomic E-state index is 0.409. The van der Waals surface area contributed by atoms with Crippen LogP contribution in [0.5, 0.6) is 0 Å². The molecule has 0 amide bonds. The standard InChI is InChI=1S/C21H17N5OS/c1-2-25-17-7-4-3-6-15(17)16-12-14(9-10-18(16)25)13-22-26-20(23-24-21(26)28)19-8-5-11-27-19/h3-13H,2H2,1H3,(H,24,28)/b22-13+. The maximum absolute atomic E-state index is 5.42. The molecule has 0 bridgehead atoms. The van der Waals surface area contributed by atoms with E-state index in [0.717, 1.165) is 12.1 Å². The SMILES string of the molecule is CCn1c2ccccc2c2cc(/C=N/n3c(-c4ccco4)n[nH]c3=S)ccc21. The molecular formula is C21H17N5OS. The highest BCUT2D eigenvalue weighted by Crippen LogP contribution is 2.29. The van der Waals surface area contributed by atoms with Gasteiger partial charge in [0, 0.05) is 28.4 Å². The van der Waals surface area contributed by atoms with E-state index in [2.05, 4.69) is 69.3 Å². The van der Waals surface area contributed by atoms with Crippen LogP contribution in [0.4, 0.5) is 0 Å². The Balaban J connectivity index is 1.61. The second-order valence-electron chi connectivity index (χ2n) is 6.42. The van der Waals surface area contributed by atoms with Crippen molar-refractivity contribution < 1.29 is 4.42 Å². The number of aryl methyl sites for hydroxylation is 1. The molecule has 0 saturated carbocycles. The van der Waals surface area contributed by atoms with Crippen LogP contribution in [0.3, 0.4) is 0 Å². The molecule has 138 valence electrons. The molecule has 0 radical (unpaired) electrons. The molecule has 0 unspecified atom stereocenters. The second-order valence-corrected chi connectivity index (χ2v) is 6.81. The first-order chi connectivity index (χ1) is 13.8. The van der Waals surface area contributed by atoms with E-state index in [1.807, 2.05) is 6.07 Å². The van der Waals surface area contributed by atoms with Crippen LogP contribution in [0.2, 0.25) is 0 Å². The second kappa shape index (κ2) is 6.61. The molecule has 0 spiro atoms. The Morgan fingerprint density at radius 2 is 1.96 bits per heavy atom. The molecule has 3 heterocycles. The Hall–Kier alpha value is -3.45. The molecule has 28 heavy (non-hydrogen) atoms. The van der Waals surface area contributed by atoms with E-state index in [9.17, 15) is 0 Å². The van der Waals surface area contributed by atoms with Gasteiger partial charge in [-0.2, -0.15) is 9.78 Å². The van der Waals surface area contributed by atoms with Gasteiger partial charge in [0.25, 0.3) is 0 Å². The van der Waals surface area contributed by atoms with Crippen LogP contribution in [0, 0.1) is 4.77 Å². The summed E-state index contributed by atoms with van der Waals surface area (Å²) in [6, 6.07) is 18.5. The molecule has 2 aromatic carbocycles. The van der Waals surface area contributed by atoms with Gasteiger partial charge in [-0.3, -0.25) is 0 Å². The maximum atomic E-state index is 5.42. The number of furan rings is 1. The van der Waals surface area contributed by atoms with Gasteiger partial charge in [0.15, 0.2) is 5.76 Å². The highest BCUT2D eigenvalue weighted by Gasteiger charge is 2.11. The first-order valence-electron chi connectivity index (χ1n) is 9.03. The van der Waals surface area contributed by atoms with Crippen molar-refractivity contribution in [1.82, 2.24) is 19.4 Å². The fraction of sp³-hybridized carbons (Fsp3) is 0.0952. The van der Waals surface area contributed by atoms with Crippen molar-refractivity contribution in [3.05, 3.63) is 71.2 Å². The molecule has 0 aliphatic carbocycles. The first kappa shape index (κ1) is 16.7. The third kappa shape index (κ3) is 2.59. The summed E-state index contributed by atoms with van der Waals surface area (Å²) in [5.41, 5.74) is 3.45. The number of aromatic nitrogens is 4. The summed E-state index contributed by atoms with van der Waals surface area (Å²) in [4.78, 5) is 0. The van der Waals surface area contributed by atoms with E-state index < -0.39 is 0 Å². The third-order valence-corrected chi connectivity index (χ3v) is 5.09. The van der Waals surface area contributed by atoms with Gasteiger partial charge in [-0.05, 0) is 55.0 Å². The molecule has 3 aromatic heterocycles. The van der Waals surface area contributed by atoms with Crippen LogP contribution in [0.1, 0.15) is 12.5 Å². The fourth-order valence-electron chi connectivity index (χ4n) is 3.58. The normalized spacial score (nSPS) is 11.9. The number of H-pyrrole nitrogens is 1. The van der Waals surface area contributed by atoms with Crippen LogP contribution < -0.4 is 0 Å². The number of nitrogens with one attached hydrogen (secondary N) is 1. The molecule has 6 nitrogen and oxygen atoms in total. The molecule has 5 rings (SSSR count). The largest absolute Gasteiger partial charge is 0.461 e. The van der Waals surface area contributed by atoms with E-state index >= 15 is 0 Å². The summed E-state index contributed by atoms with van der Waals surface area (Å²) in [7, 11) is 0. The predicted octanol–water partition coefficient (Wildman–Crippen LogP) is 5.21. The quantitative estimate of drug-likeness (QED) is 0.340. The Kier molecular flexibility index (Phi) is 3.95. The summed E-state index contributed by atoms with van der Waals surface area (Å²) in [6.07, 6.45) is 3.38. The molecule has 0 fully saturated rings. The first-order valence-corrected chi connectivity index (χ1v) is 9.43. The van der Waals surface area contributed by atoms with Crippen molar-refractivity contribution in [2.75, 3.05) is 0 Å². The lowest BCUT2D eigenvalue weighted by atomic mass is 10.1. The summed E-state index contributed by atoms with van der Waals surface area (Å²) in [5.74, 6) is 1.14.